The van der Waals surface area contributed by atoms with Crippen LogP contribution in [-0.2, 0) is 11.2 Å². The molecule has 19 heavy (non-hydrogen) atoms. The Balaban J connectivity index is 2.41. The molecule has 98 valence electrons. The van der Waals surface area contributed by atoms with E-state index < -0.39 is 11.8 Å². The Morgan fingerprint density at radius 3 is 2.42 bits per heavy atom. The molecule has 0 aliphatic rings. The van der Waals surface area contributed by atoms with Gasteiger partial charge in [0.25, 0.3) is 0 Å². The molecule has 2 aromatic carbocycles. The lowest BCUT2D eigenvalue weighted by Gasteiger charge is -2.07. The van der Waals surface area contributed by atoms with Crippen molar-refractivity contribution in [2.24, 2.45) is 0 Å². The summed E-state index contributed by atoms with van der Waals surface area (Å²) < 4.78 is 13.3. The number of hydrogen-bond donors (Lipinski definition) is 1. The monoisotopic (exact) mass is 298 g/mol. The Bertz CT molecular complexity index is 621. The summed E-state index contributed by atoms with van der Waals surface area (Å²) in [5.74, 6) is -1.39. The van der Waals surface area contributed by atoms with Gasteiger partial charge in [-0.2, -0.15) is 0 Å². The van der Waals surface area contributed by atoms with E-state index in [1.54, 1.807) is 24.3 Å². The third-order valence-electron chi connectivity index (χ3n) is 2.59. The van der Waals surface area contributed by atoms with Gasteiger partial charge in [-0.15, -0.1) is 0 Å². The fraction of sp³-hybridized carbons (Fsp3) is 0.0714. The van der Waals surface area contributed by atoms with Gasteiger partial charge >= 0.3 is 5.97 Å². The lowest BCUT2D eigenvalue weighted by molar-refractivity contribution is -0.136. The molecule has 2 aromatic rings. The first-order chi connectivity index (χ1) is 8.95. The Morgan fingerprint density at radius 2 is 1.84 bits per heavy atom. The molecule has 0 heterocycles. The molecule has 1 N–H and O–H groups in total. The summed E-state index contributed by atoms with van der Waals surface area (Å²) in [5.41, 5.74) is 1.79. The lowest BCUT2D eigenvalue weighted by atomic mass is 10.0. The maximum absolute atomic E-state index is 13.3. The van der Waals surface area contributed by atoms with Crippen molar-refractivity contribution in [3.63, 3.8) is 0 Å². The van der Waals surface area contributed by atoms with Gasteiger partial charge in [-0.3, -0.25) is 4.79 Å². The number of hydrogen-bond acceptors (Lipinski definition) is 1. The van der Waals surface area contributed by atoms with Crippen LogP contribution in [0, 0.1) is 5.82 Å². The Morgan fingerprint density at radius 1 is 1.11 bits per heavy atom. The molecule has 0 saturated carbocycles. The number of carboxylic acid groups (broad SMARTS) is 1. The Hall–Kier alpha value is -1.58. The van der Waals surface area contributed by atoms with E-state index in [4.69, 9.17) is 28.3 Å². The molecule has 5 heteroatoms. The highest BCUT2D eigenvalue weighted by atomic mass is 35.5. The van der Waals surface area contributed by atoms with Crippen LogP contribution >= 0.6 is 23.2 Å². The van der Waals surface area contributed by atoms with Crippen LogP contribution in [0.2, 0.25) is 10.0 Å². The normalized spacial score (nSPS) is 10.5. The van der Waals surface area contributed by atoms with Gasteiger partial charge in [0.05, 0.1) is 6.42 Å². The second-order valence-electron chi connectivity index (χ2n) is 4.03. The third-order valence-corrected chi connectivity index (χ3v) is 3.16. The Kier molecular flexibility index (Phi) is 4.08. The van der Waals surface area contributed by atoms with Gasteiger partial charge in [-0.1, -0.05) is 35.3 Å². The molecule has 0 fully saturated rings. The summed E-state index contributed by atoms with van der Waals surface area (Å²) in [6, 6.07) is 9.08. The molecule has 2 nitrogen and oxygen atoms in total. The highest BCUT2D eigenvalue weighted by molar-refractivity contribution is 6.32. The van der Waals surface area contributed by atoms with Gasteiger partial charge in [-0.05, 0) is 41.0 Å². The average molecular weight is 299 g/mol. The maximum atomic E-state index is 13.3. The van der Waals surface area contributed by atoms with Crippen LogP contribution in [-0.4, -0.2) is 11.1 Å². The summed E-state index contributed by atoms with van der Waals surface area (Å²) in [5, 5.41) is 9.35. The van der Waals surface area contributed by atoms with Crippen LogP contribution in [0.25, 0.3) is 11.1 Å². The second kappa shape index (κ2) is 5.59. The number of carboxylic acids is 1. The van der Waals surface area contributed by atoms with Gasteiger partial charge in [0.15, 0.2) is 0 Å². The molecule has 0 aliphatic heterocycles. The summed E-state index contributed by atoms with van der Waals surface area (Å²) in [6.07, 6.45) is -0.150. The van der Waals surface area contributed by atoms with Crippen LogP contribution in [0.1, 0.15) is 5.56 Å². The van der Waals surface area contributed by atoms with Crippen LogP contribution in [0.3, 0.4) is 0 Å². The largest absolute Gasteiger partial charge is 0.481 e. The van der Waals surface area contributed by atoms with Gasteiger partial charge in [-0.25, -0.2) is 4.39 Å². The van der Waals surface area contributed by atoms with E-state index >= 15 is 0 Å². The first-order valence-electron chi connectivity index (χ1n) is 5.42. The molecule has 0 aliphatic carbocycles. The van der Waals surface area contributed by atoms with E-state index in [0.29, 0.717) is 26.7 Å². The van der Waals surface area contributed by atoms with E-state index in [0.717, 1.165) is 0 Å². The van der Waals surface area contributed by atoms with Crippen molar-refractivity contribution in [3.05, 3.63) is 57.8 Å². The lowest BCUT2D eigenvalue weighted by Crippen LogP contribution is -2.00. The highest BCUT2D eigenvalue weighted by Crippen LogP contribution is 2.28. The van der Waals surface area contributed by atoms with Crippen LogP contribution < -0.4 is 0 Å². The smallest absolute Gasteiger partial charge is 0.307 e. The minimum absolute atomic E-state index is 0.150. The van der Waals surface area contributed by atoms with Crippen molar-refractivity contribution in [2.45, 2.75) is 6.42 Å². The summed E-state index contributed by atoms with van der Waals surface area (Å²) in [4.78, 5) is 10.6. The fourth-order valence-electron chi connectivity index (χ4n) is 1.75. The van der Waals surface area contributed by atoms with Crippen molar-refractivity contribution < 1.29 is 14.3 Å². The molecule has 0 unspecified atom stereocenters. The molecule has 0 radical (unpaired) electrons. The third kappa shape index (κ3) is 3.46. The van der Waals surface area contributed by atoms with Crippen molar-refractivity contribution >= 4 is 29.2 Å². The van der Waals surface area contributed by atoms with Gasteiger partial charge < -0.3 is 5.11 Å². The molecule has 0 aromatic heterocycles. The number of benzene rings is 2. The number of carbonyl (C=O) groups is 1. The van der Waals surface area contributed by atoms with Crippen molar-refractivity contribution in [1.29, 1.82) is 0 Å². The van der Waals surface area contributed by atoms with Crippen molar-refractivity contribution in [1.82, 2.24) is 0 Å². The van der Waals surface area contributed by atoms with E-state index in [1.807, 2.05) is 0 Å². The van der Waals surface area contributed by atoms with E-state index in [2.05, 4.69) is 0 Å². The summed E-state index contributed by atoms with van der Waals surface area (Å²) in [7, 11) is 0. The fourth-order valence-corrected chi connectivity index (χ4v) is 2.22. The molecule has 0 atom stereocenters. The van der Waals surface area contributed by atoms with E-state index in [1.165, 1.54) is 12.1 Å². The first kappa shape index (κ1) is 13.8. The number of rotatable bonds is 3. The van der Waals surface area contributed by atoms with Crippen molar-refractivity contribution in [2.75, 3.05) is 0 Å². The van der Waals surface area contributed by atoms with Gasteiger partial charge in [0, 0.05) is 10.0 Å². The molecule has 0 saturated heterocycles. The van der Waals surface area contributed by atoms with Crippen LogP contribution in [0.5, 0.6) is 0 Å². The molecular formula is C14H9Cl2FO2. The number of halogens is 3. The number of aliphatic carboxylic acids is 1. The Labute approximate surface area is 119 Å². The predicted molar refractivity (Wildman–Crippen MR) is 73.2 cm³/mol. The van der Waals surface area contributed by atoms with Crippen LogP contribution in [0.15, 0.2) is 36.4 Å². The second-order valence-corrected chi connectivity index (χ2v) is 4.88. The minimum atomic E-state index is -0.955. The summed E-state index contributed by atoms with van der Waals surface area (Å²) >= 11 is 11.8. The van der Waals surface area contributed by atoms with Gasteiger partial charge in [0.2, 0.25) is 0 Å². The van der Waals surface area contributed by atoms with Crippen molar-refractivity contribution in [3.8, 4) is 11.1 Å². The minimum Gasteiger partial charge on any atom is -0.481 e. The zero-order valence-electron chi connectivity index (χ0n) is 9.66. The average Bonchev–Trinajstić information content (AvgIpc) is 2.30. The predicted octanol–water partition coefficient (Wildman–Crippen LogP) is 4.43. The molecular weight excluding hydrogens is 290 g/mol. The van der Waals surface area contributed by atoms with E-state index in [9.17, 15) is 9.18 Å². The molecule has 2 rings (SSSR count). The first-order valence-corrected chi connectivity index (χ1v) is 6.18. The SMILES string of the molecule is O=C(O)Cc1ccc(-c2cc(F)cc(Cl)c2)cc1Cl. The topological polar surface area (TPSA) is 37.3 Å². The summed E-state index contributed by atoms with van der Waals surface area (Å²) in [6.45, 7) is 0. The molecule has 0 bridgehead atoms. The molecule has 0 amide bonds. The highest BCUT2D eigenvalue weighted by Gasteiger charge is 2.08. The van der Waals surface area contributed by atoms with Gasteiger partial charge in [0.1, 0.15) is 5.82 Å². The molecule has 0 spiro atoms. The zero-order valence-corrected chi connectivity index (χ0v) is 11.2. The quantitative estimate of drug-likeness (QED) is 0.910. The van der Waals surface area contributed by atoms with E-state index in [-0.39, 0.29) is 6.42 Å². The standard InChI is InChI=1S/C14H9Cl2FO2/c15-11-3-10(4-12(17)7-11)8-1-2-9(6-14(18)19)13(16)5-8/h1-5,7H,6H2,(H,18,19). The maximum Gasteiger partial charge on any atom is 0.307 e. The van der Waals surface area contributed by atoms with Crippen LogP contribution in [0.4, 0.5) is 4.39 Å². The zero-order chi connectivity index (χ0) is 14.0.